The van der Waals surface area contributed by atoms with E-state index >= 15 is 0 Å². The molecule has 3 N–H and O–H groups in total. The molecule has 1 amide bonds. The predicted octanol–water partition coefficient (Wildman–Crippen LogP) is 9.82. The first-order chi connectivity index (χ1) is 21.9. The molecule has 0 aromatic rings. The molecule has 45 heavy (non-hydrogen) atoms. The number of unbranched alkanes of at least 4 members (excludes halogenated alkanes) is 24. The third kappa shape index (κ3) is 21.6. The molecule has 0 saturated carbocycles. The maximum atomic E-state index is 13.2. The Hall–Kier alpha value is -0.890. The van der Waals surface area contributed by atoms with Gasteiger partial charge in [0.2, 0.25) is 0 Å². The van der Waals surface area contributed by atoms with Gasteiger partial charge in [0.15, 0.2) is 6.23 Å². The van der Waals surface area contributed by atoms with Gasteiger partial charge in [0.25, 0.3) is 0 Å². The summed E-state index contributed by atoms with van der Waals surface area (Å²) >= 11 is 0. The van der Waals surface area contributed by atoms with Crippen molar-refractivity contribution < 1.29 is 29.6 Å². The molecule has 1 saturated heterocycles. The molecular weight excluding hydrogens is 566 g/mol. The van der Waals surface area contributed by atoms with Crippen LogP contribution in [0, 0.1) is 0 Å². The fraction of sp³-hybridized carbons (Fsp3) is 0.974. The topological polar surface area (TPSA) is 99.5 Å². The SMILES string of the molecule is CCCCCCCCCCCCCCCCCCC(C)OC(=O)N(CCCCCCCCCCCC)C1OC[C@@H](O)[C@@H](O)[C@H]1O. The molecule has 1 heterocycles. The minimum Gasteiger partial charge on any atom is -0.446 e. The minimum atomic E-state index is -1.37. The van der Waals surface area contributed by atoms with Gasteiger partial charge in [-0.15, -0.1) is 0 Å². The molecule has 0 spiro atoms. The molecule has 0 aliphatic carbocycles. The summed E-state index contributed by atoms with van der Waals surface area (Å²) in [5.74, 6) is 0. The highest BCUT2D eigenvalue weighted by Crippen LogP contribution is 2.22. The minimum absolute atomic E-state index is 0.126. The second-order valence-corrected chi connectivity index (χ2v) is 13.9. The van der Waals surface area contributed by atoms with Crippen molar-refractivity contribution in [3.05, 3.63) is 0 Å². The summed E-state index contributed by atoms with van der Waals surface area (Å²) < 4.78 is 11.4. The highest BCUT2D eigenvalue weighted by molar-refractivity contribution is 5.68. The number of nitrogens with zero attached hydrogens (tertiary/aromatic N) is 1. The predicted molar refractivity (Wildman–Crippen MR) is 186 cm³/mol. The number of hydrogen-bond acceptors (Lipinski definition) is 6. The Bertz CT molecular complexity index is 664. The number of carbonyl (C=O) groups excluding carboxylic acids is 1. The maximum Gasteiger partial charge on any atom is 0.412 e. The molecule has 1 rings (SSSR count). The van der Waals surface area contributed by atoms with Crippen molar-refractivity contribution >= 4 is 6.09 Å². The van der Waals surface area contributed by atoms with Gasteiger partial charge in [0.1, 0.15) is 24.4 Å². The van der Waals surface area contributed by atoms with Gasteiger partial charge in [-0.2, -0.15) is 0 Å². The Balaban J connectivity index is 2.23. The number of ether oxygens (including phenoxy) is 2. The van der Waals surface area contributed by atoms with Crippen LogP contribution in [0.5, 0.6) is 0 Å². The lowest BCUT2D eigenvalue weighted by Gasteiger charge is -2.41. The number of carbonyl (C=O) groups is 1. The molecule has 0 bridgehead atoms. The third-order valence-corrected chi connectivity index (χ3v) is 9.53. The number of hydrogen-bond donors (Lipinski definition) is 3. The van der Waals surface area contributed by atoms with Crippen LogP contribution in [0.4, 0.5) is 4.79 Å². The first-order valence-electron chi connectivity index (χ1n) is 19.5. The fourth-order valence-corrected chi connectivity index (χ4v) is 6.44. The van der Waals surface area contributed by atoms with E-state index in [-0.39, 0.29) is 12.7 Å². The summed E-state index contributed by atoms with van der Waals surface area (Å²) in [6.07, 6.45) is 28.3. The van der Waals surface area contributed by atoms with Crippen molar-refractivity contribution in [2.45, 2.75) is 225 Å². The molecule has 268 valence electrons. The van der Waals surface area contributed by atoms with E-state index in [4.69, 9.17) is 9.47 Å². The average molecular weight is 642 g/mol. The Morgan fingerprint density at radius 3 is 1.42 bits per heavy atom. The molecule has 0 radical (unpaired) electrons. The van der Waals surface area contributed by atoms with Gasteiger partial charge in [-0.05, 0) is 26.2 Å². The highest BCUT2D eigenvalue weighted by Gasteiger charge is 2.42. The van der Waals surface area contributed by atoms with Crippen molar-refractivity contribution in [2.75, 3.05) is 13.2 Å². The summed E-state index contributed by atoms with van der Waals surface area (Å²) in [6.45, 7) is 6.71. The van der Waals surface area contributed by atoms with E-state index in [1.54, 1.807) is 0 Å². The highest BCUT2D eigenvalue weighted by atomic mass is 16.6. The zero-order valence-corrected chi connectivity index (χ0v) is 29.9. The van der Waals surface area contributed by atoms with Crippen LogP contribution in [0.15, 0.2) is 0 Å². The second-order valence-electron chi connectivity index (χ2n) is 13.9. The third-order valence-electron chi connectivity index (χ3n) is 9.53. The fourth-order valence-electron chi connectivity index (χ4n) is 6.44. The van der Waals surface area contributed by atoms with Crippen molar-refractivity contribution in [2.24, 2.45) is 0 Å². The average Bonchev–Trinajstić information content (AvgIpc) is 3.03. The summed E-state index contributed by atoms with van der Waals surface area (Å²) in [6, 6.07) is 0. The molecular formula is C38H75NO6. The van der Waals surface area contributed by atoms with Gasteiger partial charge in [-0.1, -0.05) is 168 Å². The van der Waals surface area contributed by atoms with Crippen molar-refractivity contribution in [3.8, 4) is 0 Å². The van der Waals surface area contributed by atoms with Crippen LogP contribution in [0.2, 0.25) is 0 Å². The van der Waals surface area contributed by atoms with E-state index in [1.165, 1.54) is 140 Å². The lowest BCUT2D eigenvalue weighted by atomic mass is 10.0. The van der Waals surface area contributed by atoms with Crippen LogP contribution in [0.1, 0.15) is 194 Å². The van der Waals surface area contributed by atoms with Crippen LogP contribution in [-0.4, -0.2) is 70.1 Å². The van der Waals surface area contributed by atoms with Gasteiger partial charge < -0.3 is 24.8 Å². The molecule has 1 aliphatic rings. The number of rotatable bonds is 30. The first-order valence-corrected chi connectivity index (χ1v) is 19.5. The van der Waals surface area contributed by atoms with Crippen LogP contribution < -0.4 is 0 Å². The monoisotopic (exact) mass is 642 g/mol. The molecule has 5 atom stereocenters. The van der Waals surface area contributed by atoms with Crippen LogP contribution in [0.3, 0.4) is 0 Å². The molecule has 7 nitrogen and oxygen atoms in total. The van der Waals surface area contributed by atoms with Gasteiger partial charge in [-0.3, -0.25) is 4.90 Å². The molecule has 0 aromatic heterocycles. The lowest BCUT2D eigenvalue weighted by molar-refractivity contribution is -0.222. The van der Waals surface area contributed by atoms with Crippen LogP contribution in [-0.2, 0) is 9.47 Å². The Morgan fingerprint density at radius 2 is 1.00 bits per heavy atom. The number of aliphatic hydroxyl groups excluding tert-OH is 3. The van der Waals surface area contributed by atoms with Crippen LogP contribution in [0.25, 0.3) is 0 Å². The van der Waals surface area contributed by atoms with Crippen molar-refractivity contribution in [3.63, 3.8) is 0 Å². The van der Waals surface area contributed by atoms with E-state index in [9.17, 15) is 20.1 Å². The van der Waals surface area contributed by atoms with E-state index < -0.39 is 30.6 Å². The number of aliphatic hydroxyl groups is 3. The molecule has 1 fully saturated rings. The first kappa shape index (κ1) is 42.1. The smallest absolute Gasteiger partial charge is 0.412 e. The quantitative estimate of drug-likeness (QED) is 0.0675. The Labute approximate surface area is 278 Å². The summed E-state index contributed by atoms with van der Waals surface area (Å²) in [4.78, 5) is 14.6. The number of amides is 1. The molecule has 7 heteroatoms. The largest absolute Gasteiger partial charge is 0.446 e. The maximum absolute atomic E-state index is 13.2. The van der Waals surface area contributed by atoms with E-state index in [0.29, 0.717) is 6.54 Å². The summed E-state index contributed by atoms with van der Waals surface area (Å²) in [5.41, 5.74) is 0. The Kier molecular flexibility index (Phi) is 27.4. The van der Waals surface area contributed by atoms with E-state index in [2.05, 4.69) is 13.8 Å². The lowest BCUT2D eigenvalue weighted by Crippen LogP contribution is -2.60. The summed E-state index contributed by atoms with van der Waals surface area (Å²) in [7, 11) is 0. The van der Waals surface area contributed by atoms with Crippen molar-refractivity contribution in [1.29, 1.82) is 0 Å². The molecule has 2 unspecified atom stereocenters. The standard InChI is InChI=1S/C38H75NO6/c1-4-6-8-10-12-14-16-17-18-19-20-21-22-24-26-28-30-33(3)45-38(43)39(37-36(42)35(41)34(40)32-44-37)31-29-27-25-23-15-13-11-9-7-5-2/h33-37,40-42H,4-32H2,1-3H3/t33?,34-,35-,36-,37?/m1/s1. The zero-order chi connectivity index (χ0) is 33.0. The summed E-state index contributed by atoms with van der Waals surface area (Å²) in [5, 5.41) is 30.7. The van der Waals surface area contributed by atoms with Gasteiger partial charge in [0, 0.05) is 6.54 Å². The second kappa shape index (κ2) is 29.3. The van der Waals surface area contributed by atoms with Crippen molar-refractivity contribution in [1.82, 2.24) is 4.90 Å². The Morgan fingerprint density at radius 1 is 0.622 bits per heavy atom. The van der Waals surface area contributed by atoms with E-state index in [1.807, 2.05) is 6.92 Å². The molecule has 0 aromatic carbocycles. The van der Waals surface area contributed by atoms with Crippen LogP contribution >= 0.6 is 0 Å². The van der Waals surface area contributed by atoms with Gasteiger partial charge in [0.05, 0.1) is 6.61 Å². The van der Waals surface area contributed by atoms with E-state index in [0.717, 1.165) is 38.5 Å². The van der Waals surface area contributed by atoms with Gasteiger partial charge in [-0.25, -0.2) is 4.79 Å². The molecule has 1 aliphatic heterocycles. The normalized spacial score (nSPS) is 20.8. The van der Waals surface area contributed by atoms with Gasteiger partial charge >= 0.3 is 6.09 Å². The zero-order valence-electron chi connectivity index (χ0n) is 29.9.